The van der Waals surface area contributed by atoms with E-state index in [0.29, 0.717) is 5.69 Å². The number of imidazole rings is 1. The molecule has 0 bridgehead atoms. The van der Waals surface area contributed by atoms with Gasteiger partial charge in [-0.3, -0.25) is 0 Å². The van der Waals surface area contributed by atoms with Gasteiger partial charge < -0.3 is 15.5 Å². The number of aromatic amines is 1. The number of nitrogens with two attached hydrogens (primary N) is 1. The number of halogens is 3. The summed E-state index contributed by atoms with van der Waals surface area (Å²) in [5.74, 6) is -0.798. The molecule has 0 fully saturated rings. The Labute approximate surface area is 94.2 Å². The lowest BCUT2D eigenvalue weighted by atomic mass is 10.1. The Morgan fingerprint density at radius 1 is 1.35 bits per heavy atom. The van der Waals surface area contributed by atoms with Crippen molar-refractivity contribution in [1.29, 1.82) is 0 Å². The van der Waals surface area contributed by atoms with Crippen molar-refractivity contribution in [1.82, 2.24) is 9.97 Å². The maximum absolute atomic E-state index is 13.6. The van der Waals surface area contributed by atoms with E-state index in [4.69, 9.17) is 5.73 Å². The van der Waals surface area contributed by atoms with Crippen molar-refractivity contribution < 1.29 is 17.9 Å². The van der Waals surface area contributed by atoms with Gasteiger partial charge in [0.1, 0.15) is 11.6 Å². The molecule has 0 amide bonds. The van der Waals surface area contributed by atoms with Crippen LogP contribution in [0.3, 0.4) is 0 Å². The standard InChI is InChI=1S/C10H8F3N3O/c11-7-3-5(17-9(12)13)1-2-6(7)8-4-15-10(14)16-8/h1-4,9H,(H3,14,15,16). The Hall–Kier alpha value is -2.18. The Kier molecular flexibility index (Phi) is 2.90. The summed E-state index contributed by atoms with van der Waals surface area (Å²) >= 11 is 0. The van der Waals surface area contributed by atoms with Gasteiger partial charge in [0, 0.05) is 11.6 Å². The SMILES string of the molecule is Nc1ncc(-c2ccc(OC(F)F)cc2F)[nH]1. The van der Waals surface area contributed by atoms with Gasteiger partial charge in [-0.2, -0.15) is 8.78 Å². The molecule has 0 saturated heterocycles. The van der Waals surface area contributed by atoms with Crippen LogP contribution in [0.4, 0.5) is 19.1 Å². The monoisotopic (exact) mass is 243 g/mol. The summed E-state index contributed by atoms with van der Waals surface area (Å²) in [5.41, 5.74) is 5.89. The maximum Gasteiger partial charge on any atom is 0.387 e. The Morgan fingerprint density at radius 3 is 2.65 bits per heavy atom. The Balaban J connectivity index is 2.31. The number of aromatic nitrogens is 2. The van der Waals surface area contributed by atoms with E-state index in [0.717, 1.165) is 6.07 Å². The summed E-state index contributed by atoms with van der Waals surface area (Å²) in [6, 6.07) is 3.42. The third kappa shape index (κ3) is 2.49. The van der Waals surface area contributed by atoms with Crippen molar-refractivity contribution >= 4 is 5.95 Å². The molecule has 7 heteroatoms. The van der Waals surface area contributed by atoms with Crippen LogP contribution in [0.5, 0.6) is 5.75 Å². The van der Waals surface area contributed by atoms with Gasteiger partial charge in [-0.25, -0.2) is 9.37 Å². The molecule has 90 valence electrons. The van der Waals surface area contributed by atoms with Gasteiger partial charge in [0.2, 0.25) is 0 Å². The first-order chi connectivity index (χ1) is 8.06. The largest absolute Gasteiger partial charge is 0.435 e. The average molecular weight is 243 g/mol. The molecular formula is C10H8F3N3O. The van der Waals surface area contributed by atoms with Crippen molar-refractivity contribution in [2.45, 2.75) is 6.61 Å². The zero-order valence-electron chi connectivity index (χ0n) is 8.45. The molecule has 1 heterocycles. The number of nitrogen functional groups attached to an aromatic ring is 1. The molecule has 17 heavy (non-hydrogen) atoms. The van der Waals surface area contributed by atoms with Crippen LogP contribution in [-0.4, -0.2) is 16.6 Å². The van der Waals surface area contributed by atoms with Crippen LogP contribution >= 0.6 is 0 Å². The lowest BCUT2D eigenvalue weighted by Gasteiger charge is -2.06. The lowest BCUT2D eigenvalue weighted by Crippen LogP contribution is -2.02. The molecule has 2 rings (SSSR count). The van der Waals surface area contributed by atoms with Gasteiger partial charge in [0.05, 0.1) is 11.9 Å². The smallest absolute Gasteiger partial charge is 0.387 e. The van der Waals surface area contributed by atoms with Crippen LogP contribution < -0.4 is 10.5 Å². The zero-order chi connectivity index (χ0) is 12.4. The van der Waals surface area contributed by atoms with Crippen molar-refractivity contribution in [3.8, 4) is 17.0 Å². The van der Waals surface area contributed by atoms with Gasteiger partial charge in [0.15, 0.2) is 5.95 Å². The second-order valence-corrected chi connectivity index (χ2v) is 3.20. The number of benzene rings is 1. The molecule has 0 spiro atoms. The molecule has 0 aliphatic rings. The van der Waals surface area contributed by atoms with Crippen LogP contribution in [0.15, 0.2) is 24.4 Å². The zero-order valence-corrected chi connectivity index (χ0v) is 8.45. The molecule has 0 radical (unpaired) electrons. The molecule has 0 unspecified atom stereocenters. The quantitative estimate of drug-likeness (QED) is 0.869. The lowest BCUT2D eigenvalue weighted by molar-refractivity contribution is -0.0499. The van der Waals surface area contributed by atoms with Crippen molar-refractivity contribution in [2.24, 2.45) is 0 Å². The molecule has 2 aromatic rings. The molecule has 1 aromatic carbocycles. The number of hydrogen-bond donors (Lipinski definition) is 2. The van der Waals surface area contributed by atoms with Crippen molar-refractivity contribution in [3.63, 3.8) is 0 Å². The molecule has 0 aliphatic heterocycles. The highest BCUT2D eigenvalue weighted by Crippen LogP contribution is 2.25. The molecule has 4 nitrogen and oxygen atoms in total. The number of ether oxygens (including phenoxy) is 1. The minimum atomic E-state index is -2.98. The normalized spacial score (nSPS) is 10.8. The predicted molar refractivity (Wildman–Crippen MR) is 55.0 cm³/mol. The fraction of sp³-hybridized carbons (Fsp3) is 0.100. The van der Waals surface area contributed by atoms with Gasteiger partial charge in [-0.1, -0.05) is 0 Å². The number of nitrogens with one attached hydrogen (secondary N) is 1. The molecule has 3 N–H and O–H groups in total. The van der Waals surface area contributed by atoms with E-state index in [1.165, 1.54) is 18.3 Å². The summed E-state index contributed by atoms with van der Waals surface area (Å²) in [6.07, 6.45) is 1.35. The van der Waals surface area contributed by atoms with E-state index in [2.05, 4.69) is 14.7 Å². The number of H-pyrrole nitrogens is 1. The molecule has 0 aliphatic carbocycles. The Morgan fingerprint density at radius 2 is 2.12 bits per heavy atom. The van der Waals surface area contributed by atoms with Crippen LogP contribution in [0.1, 0.15) is 0 Å². The first-order valence-corrected chi connectivity index (χ1v) is 4.61. The highest BCUT2D eigenvalue weighted by Gasteiger charge is 2.11. The third-order valence-corrected chi connectivity index (χ3v) is 2.05. The maximum atomic E-state index is 13.6. The summed E-state index contributed by atoms with van der Waals surface area (Å²) < 4.78 is 41.5. The highest BCUT2D eigenvalue weighted by atomic mass is 19.3. The minimum Gasteiger partial charge on any atom is -0.435 e. The van der Waals surface area contributed by atoms with Crippen LogP contribution in [0.25, 0.3) is 11.3 Å². The second kappa shape index (κ2) is 4.36. The van der Waals surface area contributed by atoms with Crippen LogP contribution in [0, 0.1) is 5.82 Å². The van der Waals surface area contributed by atoms with Gasteiger partial charge in [0.25, 0.3) is 0 Å². The van der Waals surface area contributed by atoms with E-state index >= 15 is 0 Å². The summed E-state index contributed by atoms with van der Waals surface area (Å²) in [4.78, 5) is 6.34. The Bertz CT molecular complexity index is 527. The molecule has 0 atom stereocenters. The number of alkyl halides is 2. The van der Waals surface area contributed by atoms with Gasteiger partial charge in [-0.15, -0.1) is 0 Å². The second-order valence-electron chi connectivity index (χ2n) is 3.20. The number of anilines is 1. The first-order valence-electron chi connectivity index (χ1n) is 4.61. The first kappa shape index (κ1) is 11.3. The summed E-state index contributed by atoms with van der Waals surface area (Å²) in [6.45, 7) is -2.98. The highest BCUT2D eigenvalue weighted by molar-refractivity contribution is 5.61. The minimum absolute atomic E-state index is 0.146. The van der Waals surface area contributed by atoms with Crippen LogP contribution in [-0.2, 0) is 0 Å². The van der Waals surface area contributed by atoms with E-state index < -0.39 is 12.4 Å². The van der Waals surface area contributed by atoms with Gasteiger partial charge >= 0.3 is 6.61 Å². The molecular weight excluding hydrogens is 235 g/mol. The number of nitrogens with zero attached hydrogens (tertiary/aromatic N) is 1. The fourth-order valence-electron chi connectivity index (χ4n) is 1.36. The van der Waals surface area contributed by atoms with E-state index in [9.17, 15) is 13.2 Å². The number of rotatable bonds is 3. The van der Waals surface area contributed by atoms with Crippen molar-refractivity contribution in [2.75, 3.05) is 5.73 Å². The topological polar surface area (TPSA) is 63.9 Å². The summed E-state index contributed by atoms with van der Waals surface area (Å²) in [7, 11) is 0. The van der Waals surface area contributed by atoms with E-state index in [-0.39, 0.29) is 17.3 Å². The van der Waals surface area contributed by atoms with E-state index in [1.54, 1.807) is 0 Å². The average Bonchev–Trinajstić information content (AvgIpc) is 2.64. The van der Waals surface area contributed by atoms with E-state index in [1.807, 2.05) is 0 Å². The fourth-order valence-corrected chi connectivity index (χ4v) is 1.36. The van der Waals surface area contributed by atoms with Crippen molar-refractivity contribution in [3.05, 3.63) is 30.2 Å². The molecule has 1 aromatic heterocycles. The predicted octanol–water partition coefficient (Wildman–Crippen LogP) is 2.40. The molecule has 0 saturated carbocycles. The number of hydrogen-bond acceptors (Lipinski definition) is 3. The van der Waals surface area contributed by atoms with Crippen LogP contribution in [0.2, 0.25) is 0 Å². The summed E-state index contributed by atoms with van der Waals surface area (Å²) in [5, 5.41) is 0. The van der Waals surface area contributed by atoms with Gasteiger partial charge in [-0.05, 0) is 12.1 Å². The third-order valence-electron chi connectivity index (χ3n) is 2.05.